The number of rotatable bonds is 5. The molecule has 20 heavy (non-hydrogen) atoms. The zero-order valence-electron chi connectivity index (χ0n) is 12.7. The molecule has 1 fully saturated rings. The van der Waals surface area contributed by atoms with Crippen molar-refractivity contribution in [2.45, 2.75) is 38.8 Å². The first-order valence-electron chi connectivity index (χ1n) is 7.33. The van der Waals surface area contributed by atoms with Gasteiger partial charge in [0.1, 0.15) is 0 Å². The standard InChI is InChI=1S/C15H26N4O/c1-4-15(3,19-7-9-20-10-8-19)14(18-16)13-11-17-6-5-12(13)2/h5-6,11,14,18H,4,7-10,16H2,1-3H3. The van der Waals surface area contributed by atoms with Gasteiger partial charge >= 0.3 is 0 Å². The lowest BCUT2D eigenvalue weighted by molar-refractivity contribution is -0.0330. The molecular formula is C15H26N4O. The number of nitrogens with zero attached hydrogens (tertiary/aromatic N) is 2. The third-order valence-electron chi connectivity index (χ3n) is 4.63. The van der Waals surface area contributed by atoms with Crippen molar-refractivity contribution in [1.29, 1.82) is 0 Å². The Kier molecular flexibility index (Phi) is 5.10. The molecule has 0 aliphatic carbocycles. The molecule has 3 N–H and O–H groups in total. The Morgan fingerprint density at radius 2 is 2.20 bits per heavy atom. The van der Waals surface area contributed by atoms with Crippen LogP contribution in [-0.2, 0) is 4.74 Å². The molecule has 2 atom stereocenters. The summed E-state index contributed by atoms with van der Waals surface area (Å²) in [4.78, 5) is 6.75. The van der Waals surface area contributed by atoms with Crippen molar-refractivity contribution in [3.8, 4) is 0 Å². The number of hydrogen-bond donors (Lipinski definition) is 2. The Labute approximate surface area is 121 Å². The molecule has 0 spiro atoms. The smallest absolute Gasteiger partial charge is 0.0658 e. The van der Waals surface area contributed by atoms with Crippen LogP contribution in [0.3, 0.4) is 0 Å². The topological polar surface area (TPSA) is 63.4 Å². The van der Waals surface area contributed by atoms with E-state index < -0.39 is 0 Å². The Hall–Kier alpha value is -1.01. The maximum Gasteiger partial charge on any atom is 0.0658 e. The van der Waals surface area contributed by atoms with Crippen LogP contribution in [0.15, 0.2) is 18.5 Å². The van der Waals surface area contributed by atoms with E-state index in [1.165, 1.54) is 11.1 Å². The van der Waals surface area contributed by atoms with Gasteiger partial charge in [0.15, 0.2) is 0 Å². The highest BCUT2D eigenvalue weighted by Gasteiger charge is 2.40. The number of hydrogen-bond acceptors (Lipinski definition) is 5. The molecule has 0 aromatic carbocycles. The summed E-state index contributed by atoms with van der Waals surface area (Å²) < 4.78 is 5.48. The highest BCUT2D eigenvalue weighted by molar-refractivity contribution is 5.28. The van der Waals surface area contributed by atoms with Gasteiger partial charge in [-0.25, -0.2) is 0 Å². The summed E-state index contributed by atoms with van der Waals surface area (Å²) in [5.74, 6) is 5.91. The van der Waals surface area contributed by atoms with E-state index in [2.05, 4.69) is 36.1 Å². The summed E-state index contributed by atoms with van der Waals surface area (Å²) in [6.07, 6.45) is 4.76. The van der Waals surface area contributed by atoms with Crippen LogP contribution in [0.4, 0.5) is 0 Å². The zero-order valence-corrected chi connectivity index (χ0v) is 12.7. The second-order valence-electron chi connectivity index (χ2n) is 5.64. The maximum atomic E-state index is 5.91. The molecule has 112 valence electrons. The average molecular weight is 278 g/mol. The summed E-state index contributed by atoms with van der Waals surface area (Å²) in [6, 6.07) is 2.09. The monoisotopic (exact) mass is 278 g/mol. The van der Waals surface area contributed by atoms with Crippen LogP contribution in [0.1, 0.15) is 37.4 Å². The number of nitrogens with one attached hydrogen (secondary N) is 1. The predicted molar refractivity (Wildman–Crippen MR) is 80.1 cm³/mol. The van der Waals surface area contributed by atoms with Crippen LogP contribution in [-0.4, -0.2) is 41.7 Å². The number of nitrogens with two attached hydrogens (primary N) is 1. The number of ether oxygens (including phenoxy) is 1. The number of aromatic nitrogens is 1. The molecule has 1 saturated heterocycles. The SMILES string of the molecule is CCC(C)(C(NN)c1cnccc1C)N1CCOCC1. The first kappa shape index (κ1) is 15.4. The fourth-order valence-electron chi connectivity index (χ4n) is 3.07. The molecule has 1 aromatic rings. The third-order valence-corrected chi connectivity index (χ3v) is 4.63. The van der Waals surface area contributed by atoms with Gasteiger partial charge in [-0.1, -0.05) is 6.92 Å². The highest BCUT2D eigenvalue weighted by atomic mass is 16.5. The lowest BCUT2D eigenvalue weighted by Gasteiger charge is -2.47. The average Bonchev–Trinajstić information content (AvgIpc) is 2.50. The molecule has 0 saturated carbocycles. The van der Waals surface area contributed by atoms with Crippen LogP contribution >= 0.6 is 0 Å². The fraction of sp³-hybridized carbons (Fsp3) is 0.667. The quantitative estimate of drug-likeness (QED) is 0.629. The first-order valence-corrected chi connectivity index (χ1v) is 7.33. The molecule has 0 amide bonds. The molecule has 1 aliphatic heterocycles. The number of hydrazine groups is 1. The van der Waals surface area contributed by atoms with E-state index in [1.54, 1.807) is 0 Å². The molecule has 2 rings (SSSR count). The molecule has 5 heteroatoms. The van der Waals surface area contributed by atoms with Crippen molar-refractivity contribution in [2.24, 2.45) is 5.84 Å². The van der Waals surface area contributed by atoms with Gasteiger partial charge in [0, 0.05) is 31.0 Å². The van der Waals surface area contributed by atoms with Crippen molar-refractivity contribution in [3.05, 3.63) is 29.6 Å². The normalized spacial score (nSPS) is 21.4. The minimum absolute atomic E-state index is 0.0493. The van der Waals surface area contributed by atoms with Crippen LogP contribution in [0.2, 0.25) is 0 Å². The lowest BCUT2D eigenvalue weighted by atomic mass is 9.82. The summed E-state index contributed by atoms with van der Waals surface area (Å²) in [5, 5.41) is 0. The largest absolute Gasteiger partial charge is 0.379 e. The minimum Gasteiger partial charge on any atom is -0.379 e. The van der Waals surface area contributed by atoms with E-state index in [-0.39, 0.29) is 11.6 Å². The predicted octanol–water partition coefficient (Wildman–Crippen LogP) is 1.40. The van der Waals surface area contributed by atoms with E-state index in [0.717, 1.165) is 32.7 Å². The molecule has 5 nitrogen and oxygen atoms in total. The van der Waals surface area contributed by atoms with Gasteiger partial charge < -0.3 is 4.74 Å². The molecular weight excluding hydrogens is 252 g/mol. The summed E-state index contributed by atoms with van der Waals surface area (Å²) >= 11 is 0. The third kappa shape index (κ3) is 2.86. The Morgan fingerprint density at radius 1 is 1.50 bits per heavy atom. The Bertz CT molecular complexity index is 434. The second-order valence-corrected chi connectivity index (χ2v) is 5.64. The Balaban J connectivity index is 2.33. The van der Waals surface area contributed by atoms with Crippen molar-refractivity contribution in [3.63, 3.8) is 0 Å². The van der Waals surface area contributed by atoms with E-state index in [4.69, 9.17) is 10.6 Å². The van der Waals surface area contributed by atoms with Crippen LogP contribution < -0.4 is 11.3 Å². The molecule has 0 bridgehead atoms. The van der Waals surface area contributed by atoms with Crippen LogP contribution in [0, 0.1) is 6.92 Å². The van der Waals surface area contributed by atoms with Crippen molar-refractivity contribution in [2.75, 3.05) is 26.3 Å². The molecule has 2 unspecified atom stereocenters. The summed E-state index contributed by atoms with van der Waals surface area (Å²) in [7, 11) is 0. The summed E-state index contributed by atoms with van der Waals surface area (Å²) in [5.41, 5.74) is 5.37. The summed E-state index contributed by atoms with van der Waals surface area (Å²) in [6.45, 7) is 10.1. The molecule has 0 radical (unpaired) electrons. The van der Waals surface area contributed by atoms with E-state index in [1.807, 2.05) is 18.5 Å². The number of pyridine rings is 1. The van der Waals surface area contributed by atoms with Crippen molar-refractivity contribution >= 4 is 0 Å². The van der Waals surface area contributed by atoms with Crippen LogP contribution in [0.5, 0.6) is 0 Å². The van der Waals surface area contributed by atoms with Crippen molar-refractivity contribution < 1.29 is 4.74 Å². The lowest BCUT2D eigenvalue weighted by Crippen LogP contribution is -2.58. The maximum absolute atomic E-state index is 5.91. The second kappa shape index (κ2) is 6.63. The van der Waals surface area contributed by atoms with Gasteiger partial charge in [-0.2, -0.15) is 0 Å². The van der Waals surface area contributed by atoms with E-state index in [0.29, 0.717) is 0 Å². The molecule has 1 aliphatic rings. The fourth-order valence-corrected chi connectivity index (χ4v) is 3.07. The van der Waals surface area contributed by atoms with E-state index >= 15 is 0 Å². The van der Waals surface area contributed by atoms with Crippen molar-refractivity contribution in [1.82, 2.24) is 15.3 Å². The van der Waals surface area contributed by atoms with Gasteiger partial charge in [0.05, 0.1) is 19.3 Å². The van der Waals surface area contributed by atoms with Gasteiger partial charge in [0.2, 0.25) is 0 Å². The Morgan fingerprint density at radius 3 is 2.75 bits per heavy atom. The van der Waals surface area contributed by atoms with E-state index in [9.17, 15) is 0 Å². The molecule has 1 aromatic heterocycles. The number of aryl methyl sites for hydroxylation is 1. The van der Waals surface area contributed by atoms with Gasteiger partial charge in [-0.05, 0) is 37.5 Å². The number of morpholine rings is 1. The van der Waals surface area contributed by atoms with Gasteiger partial charge in [-0.15, -0.1) is 0 Å². The first-order chi connectivity index (χ1) is 9.63. The van der Waals surface area contributed by atoms with Gasteiger partial charge in [0.25, 0.3) is 0 Å². The highest BCUT2D eigenvalue weighted by Crippen LogP contribution is 2.35. The minimum atomic E-state index is -0.0493. The zero-order chi connectivity index (χ0) is 14.6. The molecule has 2 heterocycles. The van der Waals surface area contributed by atoms with Crippen LogP contribution in [0.25, 0.3) is 0 Å². The van der Waals surface area contributed by atoms with Gasteiger partial charge in [-0.3, -0.25) is 21.2 Å².